The molecule has 152 valence electrons. The Hall–Kier alpha value is -1.99. The Bertz CT molecular complexity index is 704. The fraction of sp³-hybridized carbons (Fsp3) is 0.667. The van der Waals surface area contributed by atoms with E-state index in [0.29, 0.717) is 12.8 Å². The molecule has 0 bridgehead atoms. The quantitative estimate of drug-likeness (QED) is 0.757. The average molecular weight is 386 g/mol. The van der Waals surface area contributed by atoms with Gasteiger partial charge in [-0.15, -0.1) is 0 Å². The van der Waals surface area contributed by atoms with Crippen LogP contribution in [0.4, 0.5) is 5.82 Å². The van der Waals surface area contributed by atoms with Crippen molar-refractivity contribution < 1.29 is 9.59 Å². The Morgan fingerprint density at radius 2 is 1.93 bits per heavy atom. The van der Waals surface area contributed by atoms with Crippen LogP contribution >= 0.6 is 0 Å². The van der Waals surface area contributed by atoms with E-state index >= 15 is 0 Å². The van der Waals surface area contributed by atoms with Gasteiger partial charge in [-0.3, -0.25) is 14.9 Å². The molecule has 2 N–H and O–H groups in total. The first kappa shape index (κ1) is 19.3. The molecule has 0 radical (unpaired) electrons. The van der Waals surface area contributed by atoms with Crippen LogP contribution in [0.25, 0.3) is 0 Å². The highest BCUT2D eigenvalue weighted by Gasteiger charge is 2.28. The predicted molar refractivity (Wildman–Crippen MR) is 108 cm³/mol. The molecule has 0 spiro atoms. The maximum absolute atomic E-state index is 12.2. The predicted octanol–water partition coefficient (Wildman–Crippen LogP) is 1.11. The third kappa shape index (κ3) is 4.70. The lowest BCUT2D eigenvalue weighted by molar-refractivity contribution is -0.134. The number of carbonyl (C=O) groups excluding carboxylic acids is 2. The Labute approximate surface area is 166 Å². The van der Waals surface area contributed by atoms with Gasteiger partial charge in [0.25, 0.3) is 0 Å². The normalized spacial score (nSPS) is 25.4. The summed E-state index contributed by atoms with van der Waals surface area (Å²) in [6.45, 7) is 7.69. The maximum Gasteiger partial charge on any atom is 0.234 e. The van der Waals surface area contributed by atoms with Crippen molar-refractivity contribution in [1.29, 1.82) is 0 Å². The van der Waals surface area contributed by atoms with Crippen LogP contribution in [-0.2, 0) is 9.59 Å². The second-order valence-electron chi connectivity index (χ2n) is 8.29. The van der Waals surface area contributed by atoms with Crippen molar-refractivity contribution in [2.75, 3.05) is 50.7 Å². The summed E-state index contributed by atoms with van der Waals surface area (Å²) in [5.41, 5.74) is 0.964. The SMILES string of the molecule is O=C1CCC(c2ccnc(N3CCCN(CC4CCNCC4)CC3)c2)C(=O)N1. The smallest absolute Gasteiger partial charge is 0.234 e. The van der Waals surface area contributed by atoms with Crippen molar-refractivity contribution in [2.24, 2.45) is 5.92 Å². The molecule has 0 aromatic carbocycles. The molecular weight excluding hydrogens is 354 g/mol. The van der Waals surface area contributed by atoms with Gasteiger partial charge in [-0.05, 0) is 68.9 Å². The molecule has 3 fully saturated rings. The first-order valence-corrected chi connectivity index (χ1v) is 10.7. The Morgan fingerprint density at radius 1 is 1.07 bits per heavy atom. The summed E-state index contributed by atoms with van der Waals surface area (Å²) in [5, 5.41) is 5.91. The fourth-order valence-electron chi connectivity index (χ4n) is 4.65. The number of imide groups is 1. The van der Waals surface area contributed by atoms with Crippen molar-refractivity contribution in [1.82, 2.24) is 20.5 Å². The number of hydrogen-bond acceptors (Lipinski definition) is 6. The lowest BCUT2D eigenvalue weighted by Gasteiger charge is -2.29. The summed E-state index contributed by atoms with van der Waals surface area (Å²) in [6.07, 6.45) is 6.49. The molecule has 7 nitrogen and oxygen atoms in total. The van der Waals surface area contributed by atoms with Gasteiger partial charge < -0.3 is 15.1 Å². The summed E-state index contributed by atoms with van der Waals surface area (Å²) < 4.78 is 0. The van der Waals surface area contributed by atoms with E-state index in [9.17, 15) is 9.59 Å². The van der Waals surface area contributed by atoms with Crippen LogP contribution in [0, 0.1) is 5.92 Å². The van der Waals surface area contributed by atoms with Crippen LogP contribution in [0.3, 0.4) is 0 Å². The van der Waals surface area contributed by atoms with Crippen LogP contribution in [0.15, 0.2) is 18.3 Å². The van der Waals surface area contributed by atoms with Crippen molar-refractivity contribution >= 4 is 17.6 Å². The lowest BCUT2D eigenvalue weighted by Crippen LogP contribution is -2.39. The van der Waals surface area contributed by atoms with E-state index in [1.54, 1.807) is 6.20 Å². The van der Waals surface area contributed by atoms with Crippen molar-refractivity contribution in [2.45, 2.75) is 38.0 Å². The number of rotatable bonds is 4. The molecule has 3 saturated heterocycles. The average Bonchev–Trinajstić information content (AvgIpc) is 2.94. The van der Waals surface area contributed by atoms with E-state index in [4.69, 9.17) is 0 Å². The Morgan fingerprint density at radius 3 is 2.75 bits per heavy atom. The topological polar surface area (TPSA) is 77.6 Å². The van der Waals surface area contributed by atoms with Gasteiger partial charge in [0.15, 0.2) is 0 Å². The number of nitrogens with one attached hydrogen (secondary N) is 2. The second-order valence-corrected chi connectivity index (χ2v) is 8.29. The number of hydrogen-bond donors (Lipinski definition) is 2. The molecule has 1 atom stereocenters. The highest BCUT2D eigenvalue weighted by Crippen LogP contribution is 2.27. The summed E-state index contributed by atoms with van der Waals surface area (Å²) in [6, 6.07) is 3.95. The molecule has 0 aliphatic carbocycles. The number of aromatic nitrogens is 1. The minimum atomic E-state index is -0.247. The Kier molecular flexibility index (Phi) is 6.22. The maximum atomic E-state index is 12.2. The minimum absolute atomic E-state index is 0.170. The number of carbonyl (C=O) groups is 2. The van der Waals surface area contributed by atoms with Crippen LogP contribution in [-0.4, -0.2) is 67.5 Å². The fourth-order valence-corrected chi connectivity index (χ4v) is 4.65. The highest BCUT2D eigenvalue weighted by atomic mass is 16.2. The second kappa shape index (κ2) is 9.01. The van der Waals surface area contributed by atoms with E-state index in [0.717, 1.165) is 63.0 Å². The molecule has 1 aromatic rings. The van der Waals surface area contributed by atoms with Crippen LogP contribution < -0.4 is 15.5 Å². The monoisotopic (exact) mass is 385 g/mol. The molecule has 4 heterocycles. The van der Waals surface area contributed by atoms with Crippen molar-refractivity contribution in [3.8, 4) is 0 Å². The standard InChI is InChI=1S/C21H31N5O2/c27-20-3-2-18(21(28)24-20)17-6-9-23-19(14-17)26-11-1-10-25(12-13-26)15-16-4-7-22-8-5-16/h6,9,14,16,18,22H,1-5,7-8,10-13,15H2,(H,24,27,28). The molecule has 1 unspecified atom stereocenters. The molecule has 7 heteroatoms. The summed E-state index contributed by atoms with van der Waals surface area (Å²) >= 11 is 0. The van der Waals surface area contributed by atoms with Gasteiger partial charge in [0.05, 0.1) is 5.92 Å². The van der Waals surface area contributed by atoms with E-state index in [1.807, 2.05) is 12.1 Å². The first-order chi connectivity index (χ1) is 13.7. The molecule has 0 saturated carbocycles. The lowest BCUT2D eigenvalue weighted by atomic mass is 9.91. The highest BCUT2D eigenvalue weighted by molar-refractivity contribution is 6.00. The molecule has 4 rings (SSSR count). The summed E-state index contributed by atoms with van der Waals surface area (Å²) in [5.74, 6) is 1.17. The number of anilines is 1. The largest absolute Gasteiger partial charge is 0.355 e. The molecule has 3 aliphatic heterocycles. The van der Waals surface area contributed by atoms with Gasteiger partial charge in [0, 0.05) is 38.8 Å². The molecule has 1 aromatic heterocycles. The van der Waals surface area contributed by atoms with Crippen molar-refractivity contribution in [3.63, 3.8) is 0 Å². The van der Waals surface area contributed by atoms with Gasteiger partial charge in [0.1, 0.15) is 5.82 Å². The molecule has 2 amide bonds. The van der Waals surface area contributed by atoms with Gasteiger partial charge >= 0.3 is 0 Å². The van der Waals surface area contributed by atoms with E-state index < -0.39 is 0 Å². The molecular formula is C21H31N5O2. The van der Waals surface area contributed by atoms with E-state index in [2.05, 4.69) is 25.4 Å². The minimum Gasteiger partial charge on any atom is -0.355 e. The van der Waals surface area contributed by atoms with Crippen molar-refractivity contribution in [3.05, 3.63) is 23.9 Å². The van der Waals surface area contributed by atoms with Gasteiger partial charge in [-0.2, -0.15) is 0 Å². The van der Waals surface area contributed by atoms with Gasteiger partial charge in [-0.1, -0.05) is 0 Å². The zero-order valence-corrected chi connectivity index (χ0v) is 16.5. The van der Waals surface area contributed by atoms with Crippen LogP contribution in [0.5, 0.6) is 0 Å². The third-order valence-electron chi connectivity index (χ3n) is 6.30. The van der Waals surface area contributed by atoms with Gasteiger partial charge in [0.2, 0.25) is 11.8 Å². The molecule has 28 heavy (non-hydrogen) atoms. The number of amides is 2. The zero-order chi connectivity index (χ0) is 19.3. The molecule has 3 aliphatic rings. The number of nitrogens with zero attached hydrogens (tertiary/aromatic N) is 3. The number of piperidine rings is 2. The van der Waals surface area contributed by atoms with E-state index in [1.165, 1.54) is 19.4 Å². The first-order valence-electron chi connectivity index (χ1n) is 10.7. The summed E-state index contributed by atoms with van der Waals surface area (Å²) in [4.78, 5) is 33.2. The Balaban J connectivity index is 1.37. The van der Waals surface area contributed by atoms with E-state index in [-0.39, 0.29) is 17.7 Å². The zero-order valence-electron chi connectivity index (χ0n) is 16.5. The number of pyridine rings is 1. The van der Waals surface area contributed by atoms with Gasteiger partial charge in [-0.25, -0.2) is 4.98 Å². The third-order valence-corrected chi connectivity index (χ3v) is 6.30. The van der Waals surface area contributed by atoms with Crippen LogP contribution in [0.1, 0.15) is 43.6 Å². The van der Waals surface area contributed by atoms with Crippen LogP contribution in [0.2, 0.25) is 0 Å². The summed E-state index contributed by atoms with van der Waals surface area (Å²) in [7, 11) is 0.